The van der Waals surface area contributed by atoms with E-state index in [0.29, 0.717) is 12.3 Å². The van der Waals surface area contributed by atoms with Crippen molar-refractivity contribution in [2.75, 3.05) is 18.0 Å². The van der Waals surface area contributed by atoms with E-state index in [-0.39, 0.29) is 28.6 Å². The Balaban J connectivity index is 1.85. The highest BCUT2D eigenvalue weighted by atomic mass is 35.5. The molecule has 3 aromatic carbocycles. The van der Waals surface area contributed by atoms with Gasteiger partial charge in [-0.1, -0.05) is 60.1 Å². The van der Waals surface area contributed by atoms with Crippen molar-refractivity contribution in [2.45, 2.75) is 18.0 Å². The summed E-state index contributed by atoms with van der Waals surface area (Å²) < 4.78 is 33.2. The number of benzene rings is 3. The number of carbonyl (C=O) groups is 1. The van der Waals surface area contributed by atoms with Gasteiger partial charge in [0.25, 0.3) is 15.9 Å². The molecule has 8 heteroatoms. The van der Waals surface area contributed by atoms with Crippen LogP contribution in [0.25, 0.3) is 0 Å². The number of para-hydroxylation sites is 1. The summed E-state index contributed by atoms with van der Waals surface area (Å²) in [7, 11) is -2.43. The van der Waals surface area contributed by atoms with Crippen LogP contribution in [0.2, 0.25) is 5.02 Å². The van der Waals surface area contributed by atoms with E-state index in [0.717, 1.165) is 11.1 Å². The first kappa shape index (κ1) is 24.5. The van der Waals surface area contributed by atoms with Crippen molar-refractivity contribution in [1.82, 2.24) is 5.32 Å². The number of hydrogen-bond donors (Lipinski definition) is 1. The van der Waals surface area contributed by atoms with Gasteiger partial charge < -0.3 is 10.1 Å². The van der Waals surface area contributed by atoms with Gasteiger partial charge in [-0.05, 0) is 41.5 Å². The average Bonchev–Trinajstić information content (AvgIpc) is 2.82. The van der Waals surface area contributed by atoms with E-state index >= 15 is 0 Å². The number of carbonyl (C=O) groups excluding carboxylic acids is 1. The number of nitrogens with one attached hydrogen (secondary N) is 1. The number of methoxy groups -OCH3 is 1. The van der Waals surface area contributed by atoms with Crippen LogP contribution in [0.1, 0.15) is 21.5 Å². The van der Waals surface area contributed by atoms with E-state index < -0.39 is 15.9 Å². The first-order chi connectivity index (χ1) is 15.9. The standard InChI is InChI=1S/C25H25ClN2O4S/c1-3-14-28(22-10-5-4-6-11-22)33(30,31)24-16-21(12-13-23(24)26)25(29)27-17-19-8-7-9-20(15-19)18-32-2/h3-13,15-16H,1,14,17-18H2,2H3,(H,27,29). The lowest BCUT2D eigenvalue weighted by atomic mass is 10.1. The van der Waals surface area contributed by atoms with Crippen molar-refractivity contribution in [3.63, 3.8) is 0 Å². The number of nitrogens with zero attached hydrogens (tertiary/aromatic N) is 1. The maximum absolute atomic E-state index is 13.4. The van der Waals surface area contributed by atoms with Crippen LogP contribution in [-0.4, -0.2) is 28.0 Å². The molecule has 1 amide bonds. The molecule has 0 saturated carbocycles. The van der Waals surface area contributed by atoms with Crippen LogP contribution < -0.4 is 9.62 Å². The molecule has 0 saturated heterocycles. The molecule has 172 valence electrons. The average molecular weight is 485 g/mol. The molecule has 0 heterocycles. The van der Waals surface area contributed by atoms with Crippen molar-refractivity contribution in [1.29, 1.82) is 0 Å². The molecule has 3 aromatic rings. The summed E-state index contributed by atoms with van der Waals surface area (Å²) in [5.41, 5.74) is 2.56. The number of ether oxygens (including phenoxy) is 1. The summed E-state index contributed by atoms with van der Waals surface area (Å²) in [4.78, 5) is 12.6. The van der Waals surface area contributed by atoms with Crippen LogP contribution >= 0.6 is 11.6 Å². The Hall–Kier alpha value is -3.13. The van der Waals surface area contributed by atoms with Crippen LogP contribution in [0.4, 0.5) is 5.69 Å². The SMILES string of the molecule is C=CCN(c1ccccc1)S(=O)(=O)c1cc(C(=O)NCc2cccc(COC)c2)ccc1Cl. The zero-order chi connectivity index (χ0) is 23.8. The molecule has 6 nitrogen and oxygen atoms in total. The number of amides is 1. The highest BCUT2D eigenvalue weighted by Gasteiger charge is 2.27. The molecule has 1 N–H and O–H groups in total. The smallest absolute Gasteiger partial charge is 0.266 e. The van der Waals surface area contributed by atoms with Crippen molar-refractivity contribution < 1.29 is 17.9 Å². The van der Waals surface area contributed by atoms with E-state index in [9.17, 15) is 13.2 Å². The van der Waals surface area contributed by atoms with Gasteiger partial charge in [0, 0.05) is 19.2 Å². The van der Waals surface area contributed by atoms with E-state index in [1.807, 2.05) is 24.3 Å². The maximum Gasteiger partial charge on any atom is 0.266 e. The third-order valence-corrected chi connectivity index (χ3v) is 7.13. The summed E-state index contributed by atoms with van der Waals surface area (Å²) in [6, 6.07) is 20.5. The Kier molecular flexibility index (Phi) is 8.27. The minimum Gasteiger partial charge on any atom is -0.380 e. The molecule has 0 aromatic heterocycles. The Bertz CT molecular complexity index is 1230. The Morgan fingerprint density at radius 1 is 1.06 bits per heavy atom. The van der Waals surface area contributed by atoms with Crippen LogP contribution in [-0.2, 0) is 27.9 Å². The van der Waals surface area contributed by atoms with Gasteiger partial charge in [-0.3, -0.25) is 9.10 Å². The second-order valence-corrected chi connectivity index (χ2v) is 9.48. The lowest BCUT2D eigenvalue weighted by molar-refractivity contribution is 0.0950. The van der Waals surface area contributed by atoms with Crippen molar-refractivity contribution in [2.24, 2.45) is 0 Å². The minimum atomic E-state index is -4.05. The Morgan fingerprint density at radius 2 is 1.79 bits per heavy atom. The normalized spacial score (nSPS) is 11.1. The van der Waals surface area contributed by atoms with Crippen LogP contribution in [0, 0.1) is 0 Å². The molecule has 0 unspecified atom stereocenters. The van der Waals surface area contributed by atoms with Crippen molar-refractivity contribution in [3.05, 3.63) is 107 Å². The third-order valence-electron chi connectivity index (χ3n) is 4.86. The van der Waals surface area contributed by atoms with Crippen molar-refractivity contribution in [3.8, 4) is 0 Å². The molecule has 33 heavy (non-hydrogen) atoms. The molecule has 0 aliphatic carbocycles. The van der Waals surface area contributed by atoms with Crippen molar-refractivity contribution >= 4 is 33.2 Å². The molecular formula is C25H25ClN2O4S. The van der Waals surface area contributed by atoms with Gasteiger partial charge in [-0.15, -0.1) is 6.58 Å². The van der Waals surface area contributed by atoms with Gasteiger partial charge >= 0.3 is 0 Å². The molecule has 0 atom stereocenters. The highest BCUT2D eigenvalue weighted by Crippen LogP contribution is 2.29. The summed E-state index contributed by atoms with van der Waals surface area (Å²) >= 11 is 6.26. The summed E-state index contributed by atoms with van der Waals surface area (Å²) in [5, 5.41) is 2.85. The van der Waals surface area contributed by atoms with Gasteiger partial charge in [0.1, 0.15) is 4.90 Å². The van der Waals surface area contributed by atoms with Gasteiger partial charge in [0.05, 0.1) is 23.9 Å². The number of anilines is 1. The molecule has 0 radical (unpaired) electrons. The summed E-state index contributed by atoms with van der Waals surface area (Å²) in [5.74, 6) is -0.407. The fraction of sp³-hybridized carbons (Fsp3) is 0.160. The minimum absolute atomic E-state index is 0.0313. The van der Waals surface area contributed by atoms with Gasteiger partial charge in [-0.25, -0.2) is 8.42 Å². The second kappa shape index (κ2) is 11.1. The zero-order valence-corrected chi connectivity index (χ0v) is 19.8. The summed E-state index contributed by atoms with van der Waals surface area (Å²) in [6.07, 6.45) is 1.49. The zero-order valence-electron chi connectivity index (χ0n) is 18.2. The van der Waals surface area contributed by atoms with Crippen LogP contribution in [0.15, 0.2) is 90.3 Å². The molecule has 0 aliphatic heterocycles. The summed E-state index contributed by atoms with van der Waals surface area (Å²) in [6.45, 7) is 4.47. The van der Waals surface area contributed by atoms with Gasteiger partial charge in [0.15, 0.2) is 0 Å². The highest BCUT2D eigenvalue weighted by molar-refractivity contribution is 7.93. The third kappa shape index (κ3) is 6.01. The number of rotatable bonds is 10. The largest absolute Gasteiger partial charge is 0.380 e. The number of halogens is 1. The predicted octanol–water partition coefficient (Wildman–Crippen LogP) is 4.80. The number of sulfonamides is 1. The fourth-order valence-electron chi connectivity index (χ4n) is 3.30. The maximum atomic E-state index is 13.4. The number of hydrogen-bond acceptors (Lipinski definition) is 4. The molecule has 0 spiro atoms. The Labute approximate surface area is 199 Å². The molecular weight excluding hydrogens is 460 g/mol. The fourth-order valence-corrected chi connectivity index (χ4v) is 5.23. The first-order valence-corrected chi connectivity index (χ1v) is 12.0. The lowest BCUT2D eigenvalue weighted by Gasteiger charge is -2.24. The van der Waals surface area contributed by atoms with Gasteiger partial charge in [0.2, 0.25) is 0 Å². The Morgan fingerprint density at radius 3 is 2.48 bits per heavy atom. The lowest BCUT2D eigenvalue weighted by Crippen LogP contribution is -2.31. The predicted molar refractivity (Wildman–Crippen MR) is 131 cm³/mol. The van der Waals surface area contributed by atoms with Crippen LogP contribution in [0.5, 0.6) is 0 Å². The van der Waals surface area contributed by atoms with E-state index in [1.54, 1.807) is 37.4 Å². The molecule has 0 aliphatic rings. The topological polar surface area (TPSA) is 75.7 Å². The van der Waals surface area contributed by atoms with E-state index in [1.165, 1.54) is 28.6 Å². The molecule has 0 bridgehead atoms. The van der Waals surface area contributed by atoms with Gasteiger partial charge in [-0.2, -0.15) is 0 Å². The van der Waals surface area contributed by atoms with E-state index in [4.69, 9.17) is 16.3 Å². The monoisotopic (exact) mass is 484 g/mol. The second-order valence-electron chi connectivity index (χ2n) is 7.24. The molecule has 0 fully saturated rings. The van der Waals surface area contributed by atoms with Crippen LogP contribution in [0.3, 0.4) is 0 Å². The quantitative estimate of drug-likeness (QED) is 0.419. The first-order valence-electron chi connectivity index (χ1n) is 10.2. The van der Waals surface area contributed by atoms with E-state index in [2.05, 4.69) is 11.9 Å². The molecule has 3 rings (SSSR count).